The molecule has 22 heavy (non-hydrogen) atoms. The minimum atomic E-state index is -0.451. The first-order valence-corrected chi connectivity index (χ1v) is 6.49. The van der Waals surface area contributed by atoms with Crippen LogP contribution in [0.2, 0.25) is 0 Å². The number of H-pyrrole nitrogens is 1. The number of anilines is 1. The van der Waals surface area contributed by atoms with Crippen LogP contribution in [0.4, 0.5) is 5.82 Å². The molecule has 0 saturated heterocycles. The molecule has 8 heteroatoms. The summed E-state index contributed by atoms with van der Waals surface area (Å²) in [6.07, 6.45) is 4.76. The molecule has 108 valence electrons. The summed E-state index contributed by atoms with van der Waals surface area (Å²) in [6.45, 7) is 0. The summed E-state index contributed by atoms with van der Waals surface area (Å²) < 4.78 is 1.51. The number of nitrogens with zero attached hydrogens (tertiary/aromatic N) is 4. The number of aromatic nitrogens is 5. The zero-order chi connectivity index (χ0) is 15.1. The number of amides is 1. The molecule has 4 rings (SSSR count). The minimum Gasteiger partial charge on any atom is -0.507 e. The number of phenols is 1. The Morgan fingerprint density at radius 3 is 3.18 bits per heavy atom. The molecule has 0 radical (unpaired) electrons. The summed E-state index contributed by atoms with van der Waals surface area (Å²) in [4.78, 5) is 16.5. The molecule has 0 spiro atoms. The normalized spacial score (nSPS) is 11.1. The van der Waals surface area contributed by atoms with Gasteiger partial charge in [0.2, 0.25) is 0 Å². The topological polar surface area (TPSA) is 108 Å². The average molecular weight is 294 g/mol. The van der Waals surface area contributed by atoms with Crippen molar-refractivity contribution in [3.8, 4) is 5.75 Å². The summed E-state index contributed by atoms with van der Waals surface area (Å²) in [7, 11) is 0. The van der Waals surface area contributed by atoms with Crippen molar-refractivity contribution in [2.75, 3.05) is 5.32 Å². The van der Waals surface area contributed by atoms with Crippen LogP contribution in [-0.2, 0) is 0 Å². The van der Waals surface area contributed by atoms with E-state index >= 15 is 0 Å². The lowest BCUT2D eigenvalue weighted by molar-refractivity contribution is 0.102. The highest BCUT2D eigenvalue weighted by molar-refractivity contribution is 6.08. The van der Waals surface area contributed by atoms with E-state index in [2.05, 4.69) is 25.6 Å². The molecule has 0 bridgehead atoms. The molecule has 0 aliphatic rings. The Hall–Kier alpha value is -3.42. The third-order valence-electron chi connectivity index (χ3n) is 3.31. The number of benzene rings is 1. The lowest BCUT2D eigenvalue weighted by atomic mass is 10.1. The lowest BCUT2D eigenvalue weighted by Gasteiger charge is -2.06. The largest absolute Gasteiger partial charge is 0.507 e. The van der Waals surface area contributed by atoms with Gasteiger partial charge < -0.3 is 10.4 Å². The second-order valence-corrected chi connectivity index (χ2v) is 4.70. The van der Waals surface area contributed by atoms with Crippen LogP contribution in [0.5, 0.6) is 5.75 Å². The van der Waals surface area contributed by atoms with E-state index in [-0.39, 0.29) is 11.3 Å². The van der Waals surface area contributed by atoms with Crippen LogP contribution in [0.3, 0.4) is 0 Å². The Morgan fingerprint density at radius 2 is 2.27 bits per heavy atom. The number of imidazole rings is 1. The standard InChI is InChI=1S/C14H10N6O2/c21-11-5-10-8(6-16-19-10)4-9(11)14(22)18-13-7-15-12-2-1-3-17-20(12)13/h1-7,21H,(H,16,19)(H,18,22). The van der Waals surface area contributed by atoms with Gasteiger partial charge in [-0.05, 0) is 18.2 Å². The van der Waals surface area contributed by atoms with Gasteiger partial charge in [-0.1, -0.05) is 0 Å². The predicted octanol–water partition coefficient (Wildman–Crippen LogP) is 1.56. The molecule has 0 fully saturated rings. The number of carbonyl (C=O) groups is 1. The number of nitrogens with one attached hydrogen (secondary N) is 2. The number of carbonyl (C=O) groups excluding carboxylic acids is 1. The molecule has 0 unspecified atom stereocenters. The van der Waals surface area contributed by atoms with E-state index < -0.39 is 5.91 Å². The number of hydrogen-bond donors (Lipinski definition) is 3. The lowest BCUT2D eigenvalue weighted by Crippen LogP contribution is -2.14. The number of aromatic amines is 1. The molecule has 3 heterocycles. The van der Waals surface area contributed by atoms with Crippen LogP contribution in [0, 0.1) is 0 Å². The fourth-order valence-corrected chi connectivity index (χ4v) is 2.26. The quantitative estimate of drug-likeness (QED) is 0.520. The average Bonchev–Trinajstić information content (AvgIpc) is 3.13. The first-order valence-electron chi connectivity index (χ1n) is 6.49. The van der Waals surface area contributed by atoms with Gasteiger partial charge in [-0.15, -0.1) is 0 Å². The van der Waals surface area contributed by atoms with Crippen molar-refractivity contribution < 1.29 is 9.90 Å². The molecule has 1 amide bonds. The second kappa shape index (κ2) is 4.55. The van der Waals surface area contributed by atoms with Crippen molar-refractivity contribution in [2.45, 2.75) is 0 Å². The van der Waals surface area contributed by atoms with Crippen molar-refractivity contribution in [2.24, 2.45) is 0 Å². The number of fused-ring (bicyclic) bond motifs is 2. The summed E-state index contributed by atoms with van der Waals surface area (Å²) in [5.41, 5.74) is 1.36. The van der Waals surface area contributed by atoms with Crippen molar-refractivity contribution in [1.82, 2.24) is 24.8 Å². The summed E-state index contributed by atoms with van der Waals surface area (Å²) in [5, 5.41) is 24.2. The molecule has 3 N–H and O–H groups in total. The van der Waals surface area contributed by atoms with Gasteiger partial charge in [0.1, 0.15) is 5.75 Å². The van der Waals surface area contributed by atoms with Crippen molar-refractivity contribution in [3.05, 3.63) is 48.4 Å². The summed E-state index contributed by atoms with van der Waals surface area (Å²) >= 11 is 0. The van der Waals surface area contributed by atoms with Gasteiger partial charge in [0.15, 0.2) is 11.5 Å². The van der Waals surface area contributed by atoms with Gasteiger partial charge in [0, 0.05) is 23.8 Å². The van der Waals surface area contributed by atoms with Crippen LogP contribution < -0.4 is 5.32 Å². The van der Waals surface area contributed by atoms with Gasteiger partial charge >= 0.3 is 0 Å². The Kier molecular flexibility index (Phi) is 2.55. The van der Waals surface area contributed by atoms with Crippen LogP contribution in [0.15, 0.2) is 42.9 Å². The van der Waals surface area contributed by atoms with Crippen molar-refractivity contribution in [1.29, 1.82) is 0 Å². The SMILES string of the molecule is O=C(Nc1cnc2cccnn12)c1cc2c[nH]nc2cc1O. The number of aromatic hydroxyl groups is 1. The maximum absolute atomic E-state index is 12.4. The Labute approximate surface area is 123 Å². The highest BCUT2D eigenvalue weighted by atomic mass is 16.3. The molecule has 0 saturated carbocycles. The molecular weight excluding hydrogens is 284 g/mol. The van der Waals surface area contributed by atoms with E-state index in [4.69, 9.17) is 0 Å². The van der Waals surface area contributed by atoms with Crippen LogP contribution in [0.1, 0.15) is 10.4 Å². The maximum Gasteiger partial charge on any atom is 0.260 e. The highest BCUT2D eigenvalue weighted by Gasteiger charge is 2.15. The molecule has 0 atom stereocenters. The molecule has 8 nitrogen and oxygen atoms in total. The molecule has 0 aliphatic heterocycles. The van der Waals surface area contributed by atoms with Crippen molar-refractivity contribution >= 4 is 28.3 Å². The van der Waals surface area contributed by atoms with E-state index in [0.717, 1.165) is 5.39 Å². The fraction of sp³-hybridized carbons (Fsp3) is 0. The Morgan fingerprint density at radius 1 is 1.36 bits per heavy atom. The van der Waals surface area contributed by atoms with E-state index in [0.29, 0.717) is 17.0 Å². The molecule has 4 aromatic rings. The van der Waals surface area contributed by atoms with Gasteiger partial charge in [-0.3, -0.25) is 9.89 Å². The fourth-order valence-electron chi connectivity index (χ4n) is 2.26. The van der Waals surface area contributed by atoms with Crippen LogP contribution in [-0.4, -0.2) is 35.8 Å². The second-order valence-electron chi connectivity index (χ2n) is 4.70. The summed E-state index contributed by atoms with van der Waals surface area (Å²) in [5.74, 6) is -0.167. The van der Waals surface area contributed by atoms with Crippen LogP contribution in [0.25, 0.3) is 16.6 Å². The Balaban J connectivity index is 1.72. The zero-order valence-electron chi connectivity index (χ0n) is 11.2. The van der Waals surface area contributed by atoms with Gasteiger partial charge in [-0.2, -0.15) is 14.7 Å². The number of phenolic OH excluding ortho intramolecular Hbond substituents is 1. The Bertz CT molecular complexity index is 1000. The molecule has 3 aromatic heterocycles. The summed E-state index contributed by atoms with van der Waals surface area (Å²) in [6, 6.07) is 6.54. The number of rotatable bonds is 2. The van der Waals surface area contributed by atoms with E-state index in [1.807, 2.05) is 0 Å². The molecular formula is C14H10N6O2. The minimum absolute atomic E-state index is 0.140. The smallest absolute Gasteiger partial charge is 0.260 e. The number of hydrogen-bond acceptors (Lipinski definition) is 5. The van der Waals surface area contributed by atoms with Gasteiger partial charge in [0.05, 0.1) is 17.3 Å². The van der Waals surface area contributed by atoms with E-state index in [9.17, 15) is 9.90 Å². The monoisotopic (exact) mass is 294 g/mol. The first kappa shape index (κ1) is 12.3. The molecule has 1 aromatic carbocycles. The highest BCUT2D eigenvalue weighted by Crippen LogP contribution is 2.24. The zero-order valence-corrected chi connectivity index (χ0v) is 11.2. The van der Waals surface area contributed by atoms with Crippen molar-refractivity contribution in [3.63, 3.8) is 0 Å². The van der Waals surface area contributed by atoms with Gasteiger partial charge in [-0.25, -0.2) is 4.98 Å². The third-order valence-corrected chi connectivity index (χ3v) is 3.31. The van der Waals surface area contributed by atoms with Gasteiger partial charge in [0.25, 0.3) is 5.91 Å². The third kappa shape index (κ3) is 1.85. The molecule has 0 aliphatic carbocycles. The predicted molar refractivity (Wildman–Crippen MR) is 78.7 cm³/mol. The maximum atomic E-state index is 12.4. The first-order chi connectivity index (χ1) is 10.7. The van der Waals surface area contributed by atoms with Crippen LogP contribution >= 0.6 is 0 Å². The van der Waals surface area contributed by atoms with E-state index in [1.165, 1.54) is 16.8 Å². The van der Waals surface area contributed by atoms with E-state index in [1.54, 1.807) is 30.6 Å².